The Balaban J connectivity index is 0.722. The molecule has 10 aliphatic rings. The quantitative estimate of drug-likeness (QED) is 0.100. The topological polar surface area (TPSA) is 388 Å². The third-order valence-electron chi connectivity index (χ3n) is 19.5. The summed E-state index contributed by atoms with van der Waals surface area (Å²) in [6.07, 6.45) is -33.7. The molecule has 32 atom stereocenters. The number of ether oxygens (including phenoxy) is 23. The van der Waals surface area contributed by atoms with Gasteiger partial charge in [0.05, 0.1) is 86.5 Å². The second-order valence-corrected chi connectivity index (χ2v) is 27.2. The number of aromatic hydroxyl groups is 1. The van der Waals surface area contributed by atoms with Crippen molar-refractivity contribution in [2.75, 3.05) is 48.4 Å². The Morgan fingerprint density at radius 1 is 0.653 bits per heavy atom. The lowest BCUT2D eigenvalue weighted by Gasteiger charge is -2.51. The molecule has 11 rings (SSSR count). The van der Waals surface area contributed by atoms with Gasteiger partial charge in [0.25, 0.3) is 5.97 Å². The summed E-state index contributed by atoms with van der Waals surface area (Å²) in [6, 6.07) is 0. The van der Waals surface area contributed by atoms with E-state index in [1.165, 1.54) is 49.2 Å². The van der Waals surface area contributed by atoms with E-state index in [2.05, 4.69) is 0 Å². The van der Waals surface area contributed by atoms with E-state index in [0.29, 0.717) is 0 Å². The molecule has 0 aromatic heterocycles. The minimum absolute atomic E-state index is 0.00581. The van der Waals surface area contributed by atoms with Gasteiger partial charge in [0.1, 0.15) is 102 Å². The molecule has 34 heteroatoms. The zero-order valence-corrected chi connectivity index (χ0v) is 56.6. The summed E-state index contributed by atoms with van der Waals surface area (Å²) < 4.78 is 142. The predicted molar refractivity (Wildman–Crippen MR) is 314 cm³/mol. The summed E-state index contributed by atoms with van der Waals surface area (Å²) in [4.78, 5) is 27.0. The zero-order valence-electron chi connectivity index (χ0n) is 55.1. The highest BCUT2D eigenvalue weighted by atomic mass is 35.5. The Kier molecular flexibility index (Phi) is 22.1. The first-order chi connectivity index (χ1) is 44.9. The minimum Gasteiger partial charge on any atom is -0.505 e. The van der Waals surface area contributed by atoms with E-state index in [4.69, 9.17) is 132 Å². The number of halogens is 2. The van der Waals surface area contributed by atoms with Crippen LogP contribution in [0.5, 0.6) is 11.5 Å². The van der Waals surface area contributed by atoms with Crippen LogP contribution in [0.3, 0.4) is 0 Å². The minimum atomic E-state index is -2.03. The Morgan fingerprint density at radius 2 is 1.34 bits per heavy atom. The molecule has 1 aromatic rings. The van der Waals surface area contributed by atoms with Crippen LogP contribution in [0, 0.1) is 12.8 Å². The highest BCUT2D eigenvalue weighted by Crippen LogP contribution is 2.53. The fourth-order valence-corrected chi connectivity index (χ4v) is 15.2. The molecular weight excluding hydrogens is 1320 g/mol. The molecule has 95 heavy (non-hydrogen) atoms. The summed E-state index contributed by atoms with van der Waals surface area (Å²) in [5, 5.41) is 79.9. The summed E-state index contributed by atoms with van der Waals surface area (Å²) in [5.41, 5.74) is -3.14. The normalized spacial score (nSPS) is 47.7. The molecule has 29 unspecified atom stereocenters. The van der Waals surface area contributed by atoms with Gasteiger partial charge in [0.15, 0.2) is 55.0 Å². The van der Waals surface area contributed by atoms with Gasteiger partial charge in [-0.3, -0.25) is 4.79 Å². The number of aliphatic hydroxyl groups is 6. The molecular formula is C61H90Cl2O32. The third kappa shape index (κ3) is 13.5. The van der Waals surface area contributed by atoms with Crippen molar-refractivity contribution in [2.45, 2.75) is 283 Å². The first-order valence-corrected chi connectivity index (χ1v) is 32.6. The van der Waals surface area contributed by atoms with Gasteiger partial charge >= 0.3 is 17.9 Å². The number of methoxy groups -OCH3 is 4. The molecule has 0 radical (unpaired) electrons. The molecule has 2 spiro atoms. The summed E-state index contributed by atoms with van der Waals surface area (Å²) in [6.45, 7) is 15.4. The Bertz CT molecular complexity index is 2840. The maximum atomic E-state index is 13.6. The number of aliphatic hydroxyl groups excluding tert-OH is 5. The molecule has 1 aromatic carbocycles. The number of phenols is 1. The first-order valence-electron chi connectivity index (χ1n) is 31.9. The van der Waals surface area contributed by atoms with E-state index >= 15 is 0 Å². The lowest BCUT2D eigenvalue weighted by atomic mass is 9.80. The smallest absolute Gasteiger partial charge is 0.342 e. The summed E-state index contributed by atoms with van der Waals surface area (Å²) in [7, 11) is 5.37. The van der Waals surface area contributed by atoms with Crippen molar-refractivity contribution < 1.29 is 154 Å². The van der Waals surface area contributed by atoms with Gasteiger partial charge < -0.3 is 145 Å². The van der Waals surface area contributed by atoms with Crippen LogP contribution in [0.1, 0.15) is 97.5 Å². The van der Waals surface area contributed by atoms with Gasteiger partial charge in [0.2, 0.25) is 6.29 Å². The van der Waals surface area contributed by atoms with Crippen molar-refractivity contribution in [2.24, 2.45) is 5.92 Å². The standard InChI is InChI=1S/C61H90Cl2O32/c1-21(2)53(70)87-49-45-32(92-61(93-45)52-51(78-20-79-52)60(72,27(8)64)28(9)91-61)19-77-56(49)89-57-48(76-14)39(68)44(31(83-57)18-73-11)88-55-40(69)47(43(74-12)24(5)82-55)85-34-17-58(10)50(26(7)81-34)94-59(95-58)16-30(66)42(25(6)90-59)84-33-15-29(65)41(23(4)80-33)86-54(71)35-22(3)36(62)38(67)37(63)46(35)75-13/h21,23-34,39-45,47-52,55-57,64-69,72H,15-20H2,1-14H3/t23?,24?,25?,26?,27?,28?,29?,30?,31?,32?,33?,34?,39?,40?,41?,42?,43?,44?,45?,47?,48?,49?,50?,51?,52?,55?,56?,57?,58-,59?,60+,61-/m1/s1. The van der Waals surface area contributed by atoms with Gasteiger partial charge in [-0.25, -0.2) is 4.79 Å². The highest BCUT2D eigenvalue weighted by Gasteiger charge is 2.73. The van der Waals surface area contributed by atoms with E-state index in [0.717, 1.165) is 0 Å². The van der Waals surface area contributed by atoms with E-state index < -0.39 is 219 Å². The van der Waals surface area contributed by atoms with Crippen LogP contribution in [-0.2, 0) is 109 Å². The van der Waals surface area contributed by atoms with Crippen LogP contribution < -0.4 is 4.74 Å². The SMILES string of the molecule is COCC1OC(OC2OCC3O[C@]4(OC3C2OC(=O)C(C)C)OC(C)[C@@](O)(C(C)O)C2OCOC24)C(OC)C(O)C1OC1OC(C)C(OC)C(OC2C[C@@]3(C)OC4(CC(O)C(OC5CC(O)C(OC(=O)c6c(C)c(Cl)c(O)c(Cl)c6OC)C(C)O5)C(C)O4)OC3C(C)O2)C1O. The number of esters is 2. The van der Waals surface area contributed by atoms with Crippen molar-refractivity contribution in [1.29, 1.82) is 0 Å². The van der Waals surface area contributed by atoms with Crippen LogP contribution in [0.25, 0.3) is 0 Å². The second kappa shape index (κ2) is 28.6. The number of fused-ring (bicyclic) bond motifs is 4. The number of carbonyl (C=O) groups excluding carboxylic acids is 2. The van der Waals surface area contributed by atoms with E-state index in [1.54, 1.807) is 48.5 Å². The maximum Gasteiger partial charge on any atom is 0.342 e. The Hall–Kier alpha value is -2.70. The molecule has 0 bridgehead atoms. The van der Waals surface area contributed by atoms with Crippen molar-refractivity contribution in [1.82, 2.24) is 0 Å². The molecule has 10 aliphatic heterocycles. The molecule has 7 N–H and O–H groups in total. The van der Waals surface area contributed by atoms with Crippen molar-refractivity contribution in [3.63, 3.8) is 0 Å². The number of rotatable bonds is 18. The first kappa shape index (κ1) is 73.5. The third-order valence-corrected chi connectivity index (χ3v) is 20.4. The van der Waals surface area contributed by atoms with Crippen molar-refractivity contribution in [3.8, 4) is 11.5 Å². The molecule has 0 saturated carbocycles. The van der Waals surface area contributed by atoms with Gasteiger partial charge in [-0.2, -0.15) is 0 Å². The molecule has 540 valence electrons. The lowest BCUT2D eigenvalue weighted by molar-refractivity contribution is -0.439. The fourth-order valence-electron chi connectivity index (χ4n) is 14.7. The van der Waals surface area contributed by atoms with Crippen LogP contribution in [-0.4, -0.2) is 291 Å². The van der Waals surface area contributed by atoms with Gasteiger partial charge in [-0.15, -0.1) is 0 Å². The Labute approximate surface area is 558 Å². The maximum absolute atomic E-state index is 13.6. The Morgan fingerprint density at radius 3 is 1.99 bits per heavy atom. The van der Waals surface area contributed by atoms with Crippen LogP contribution in [0.4, 0.5) is 0 Å². The van der Waals surface area contributed by atoms with E-state index in [9.17, 15) is 45.3 Å². The van der Waals surface area contributed by atoms with E-state index in [1.807, 2.05) is 0 Å². The molecule has 10 saturated heterocycles. The summed E-state index contributed by atoms with van der Waals surface area (Å²) >= 11 is 12.5. The molecule has 10 heterocycles. The largest absolute Gasteiger partial charge is 0.505 e. The number of carbonyl (C=O) groups is 2. The molecule has 0 amide bonds. The monoisotopic (exact) mass is 1400 g/mol. The zero-order chi connectivity index (χ0) is 68.9. The lowest BCUT2D eigenvalue weighted by Crippen LogP contribution is -2.72. The van der Waals surface area contributed by atoms with Crippen molar-refractivity contribution in [3.05, 3.63) is 21.2 Å². The average molecular weight is 1410 g/mol. The average Bonchev–Trinajstić information content (AvgIpc) is 1.59. The molecule has 0 aliphatic carbocycles. The summed E-state index contributed by atoms with van der Waals surface area (Å²) in [5.74, 6) is -6.71. The van der Waals surface area contributed by atoms with Crippen LogP contribution in [0.15, 0.2) is 0 Å². The van der Waals surface area contributed by atoms with Gasteiger partial charge in [-0.05, 0) is 61.0 Å². The number of hydrogen-bond donors (Lipinski definition) is 7. The highest BCUT2D eigenvalue weighted by molar-refractivity contribution is 6.39. The molecule has 32 nitrogen and oxygen atoms in total. The number of benzene rings is 1. The second-order valence-electron chi connectivity index (χ2n) is 26.4. The number of phenolic OH excluding ortho intramolecular Hbond substituents is 1. The van der Waals surface area contributed by atoms with Crippen molar-refractivity contribution >= 4 is 35.1 Å². The van der Waals surface area contributed by atoms with Gasteiger partial charge in [-0.1, -0.05) is 37.0 Å². The number of hydrogen-bond acceptors (Lipinski definition) is 32. The van der Waals surface area contributed by atoms with Crippen LogP contribution >= 0.6 is 23.2 Å². The van der Waals surface area contributed by atoms with Crippen LogP contribution in [0.2, 0.25) is 10.0 Å². The van der Waals surface area contributed by atoms with Gasteiger partial charge in [0, 0.05) is 34.2 Å². The fraction of sp³-hybridized carbons (Fsp3) is 0.869. The predicted octanol–water partition coefficient (Wildman–Crippen LogP) is 0.844. The molecule has 10 fully saturated rings. The van der Waals surface area contributed by atoms with E-state index in [-0.39, 0.29) is 66.2 Å².